The third kappa shape index (κ3) is 60.6. The van der Waals surface area contributed by atoms with Gasteiger partial charge in [-0.3, -0.25) is 14.4 Å². The van der Waals surface area contributed by atoms with E-state index in [4.69, 9.17) is 14.2 Å². The molecule has 0 N–H and O–H groups in total. The summed E-state index contributed by atoms with van der Waals surface area (Å²) in [5, 5.41) is 0. The molecular formula is C69H114O6. The second kappa shape index (κ2) is 62.4. The number of carbonyl (C=O) groups excluding carboxylic acids is 3. The zero-order valence-corrected chi connectivity index (χ0v) is 48.8. The lowest BCUT2D eigenvalue weighted by atomic mass is 10.1. The molecule has 1 atom stereocenters. The largest absolute Gasteiger partial charge is 0.462 e. The van der Waals surface area contributed by atoms with E-state index in [-0.39, 0.29) is 37.5 Å². The predicted octanol–water partition coefficient (Wildman–Crippen LogP) is 21.2. The van der Waals surface area contributed by atoms with Crippen LogP contribution in [0, 0.1) is 0 Å². The van der Waals surface area contributed by atoms with E-state index in [1.54, 1.807) is 0 Å². The van der Waals surface area contributed by atoms with Crippen molar-refractivity contribution in [3.8, 4) is 0 Å². The van der Waals surface area contributed by atoms with Crippen molar-refractivity contribution in [2.75, 3.05) is 13.2 Å². The van der Waals surface area contributed by atoms with Crippen LogP contribution < -0.4 is 0 Å². The Hall–Kier alpha value is -4.19. The second-order valence-electron chi connectivity index (χ2n) is 20.2. The molecule has 0 aliphatic rings. The molecule has 0 amide bonds. The van der Waals surface area contributed by atoms with Crippen LogP contribution in [0.15, 0.2) is 122 Å². The zero-order valence-electron chi connectivity index (χ0n) is 48.8. The molecule has 426 valence electrons. The van der Waals surface area contributed by atoms with Gasteiger partial charge < -0.3 is 14.2 Å². The van der Waals surface area contributed by atoms with E-state index in [1.807, 2.05) is 6.08 Å². The molecule has 0 aliphatic carbocycles. The summed E-state index contributed by atoms with van der Waals surface area (Å²) in [4.78, 5) is 38.3. The van der Waals surface area contributed by atoms with Crippen LogP contribution in [0.2, 0.25) is 0 Å². The highest BCUT2D eigenvalue weighted by atomic mass is 16.6. The molecule has 0 aromatic carbocycles. The van der Waals surface area contributed by atoms with Crippen LogP contribution in [0.25, 0.3) is 0 Å². The molecule has 6 heteroatoms. The Balaban J connectivity index is 4.53. The average molecular weight is 1040 g/mol. The second-order valence-corrected chi connectivity index (χ2v) is 20.2. The van der Waals surface area contributed by atoms with Crippen molar-refractivity contribution in [1.29, 1.82) is 0 Å². The fourth-order valence-electron chi connectivity index (χ4n) is 8.29. The molecule has 6 nitrogen and oxygen atoms in total. The van der Waals surface area contributed by atoms with Gasteiger partial charge in [-0.05, 0) is 122 Å². The lowest BCUT2D eigenvalue weighted by Crippen LogP contribution is -2.30. The number of ether oxygens (including phenoxy) is 3. The molecule has 0 spiro atoms. The Morgan fingerprint density at radius 2 is 0.547 bits per heavy atom. The first-order valence-electron chi connectivity index (χ1n) is 31.0. The van der Waals surface area contributed by atoms with Gasteiger partial charge in [-0.1, -0.05) is 258 Å². The SMILES string of the molecule is CC/C=C\C/C=C\C/C=C\C/C=C\C/C=C\C/C=C\CCC(=O)OC[C@@H](COC(=O)CCCCCCCCC/C=C\CCCCCCCCCC)OC(=O)CCCCCCCC/C=C\C/C=C\C/C=C\CCCCC. The van der Waals surface area contributed by atoms with Crippen LogP contribution in [0.1, 0.15) is 278 Å². The Morgan fingerprint density at radius 1 is 0.280 bits per heavy atom. The summed E-state index contributed by atoms with van der Waals surface area (Å²) >= 11 is 0. The summed E-state index contributed by atoms with van der Waals surface area (Å²) in [5.41, 5.74) is 0. The van der Waals surface area contributed by atoms with Gasteiger partial charge in [0.1, 0.15) is 13.2 Å². The normalized spacial score (nSPS) is 12.9. The maximum absolute atomic E-state index is 12.9. The van der Waals surface area contributed by atoms with Gasteiger partial charge in [-0.25, -0.2) is 0 Å². The van der Waals surface area contributed by atoms with Gasteiger partial charge in [-0.15, -0.1) is 0 Å². The summed E-state index contributed by atoms with van der Waals surface area (Å²) < 4.78 is 16.8. The molecule has 0 heterocycles. The molecule has 0 bridgehead atoms. The number of esters is 3. The van der Waals surface area contributed by atoms with Gasteiger partial charge in [0, 0.05) is 19.3 Å². The summed E-state index contributed by atoms with van der Waals surface area (Å²) in [6, 6.07) is 0. The van der Waals surface area contributed by atoms with Crippen LogP contribution in [-0.4, -0.2) is 37.2 Å². The summed E-state index contributed by atoms with van der Waals surface area (Å²) in [6.07, 6.45) is 86.3. The first-order chi connectivity index (χ1) is 37.0. The first-order valence-corrected chi connectivity index (χ1v) is 31.0. The van der Waals surface area contributed by atoms with Crippen molar-refractivity contribution in [1.82, 2.24) is 0 Å². The molecule has 0 radical (unpaired) electrons. The van der Waals surface area contributed by atoms with Crippen LogP contribution in [-0.2, 0) is 28.6 Å². The minimum atomic E-state index is -0.822. The van der Waals surface area contributed by atoms with Gasteiger partial charge in [0.05, 0.1) is 0 Å². The van der Waals surface area contributed by atoms with Gasteiger partial charge in [0.2, 0.25) is 0 Å². The van der Waals surface area contributed by atoms with Crippen LogP contribution in [0.5, 0.6) is 0 Å². The summed E-state index contributed by atoms with van der Waals surface area (Å²) in [6.45, 7) is 6.43. The smallest absolute Gasteiger partial charge is 0.306 e. The van der Waals surface area contributed by atoms with Gasteiger partial charge >= 0.3 is 17.9 Å². The third-order valence-electron chi connectivity index (χ3n) is 12.9. The van der Waals surface area contributed by atoms with E-state index in [9.17, 15) is 14.4 Å². The average Bonchev–Trinajstić information content (AvgIpc) is 3.41. The van der Waals surface area contributed by atoms with Crippen molar-refractivity contribution in [3.05, 3.63) is 122 Å². The Bertz CT molecular complexity index is 1570. The van der Waals surface area contributed by atoms with Crippen LogP contribution in [0.4, 0.5) is 0 Å². The standard InChI is InChI=1S/C69H114O6/c1-4-7-10-13-16-19-22-25-28-31-34-37-40-43-46-49-52-55-58-61-67(70)73-64-66(75-69(72)63-60-57-54-51-48-45-42-39-36-33-30-27-24-21-18-15-12-9-6-3)65-74-68(71)62-59-56-53-50-47-44-41-38-35-32-29-26-23-20-17-14-11-8-5-2/h7,10,16,18-19,21,25,27-28,30,32,34-37,39,43,46,52,55,66H,4-6,8-9,11-15,17,20,22-24,26,29,31,33,38,40-42,44-45,47-51,53-54,56-65H2,1-3H3/b10-7-,19-16-,21-18-,28-25-,30-27-,35-32-,37-34-,39-36-,46-43-,55-52-/t66-/m0/s1. The summed E-state index contributed by atoms with van der Waals surface area (Å²) in [7, 11) is 0. The van der Waals surface area contributed by atoms with Crippen LogP contribution in [0.3, 0.4) is 0 Å². The molecule has 0 aliphatic heterocycles. The van der Waals surface area contributed by atoms with E-state index in [2.05, 4.69) is 136 Å². The Kier molecular flexibility index (Phi) is 58.9. The highest BCUT2D eigenvalue weighted by Gasteiger charge is 2.19. The van der Waals surface area contributed by atoms with Gasteiger partial charge in [0.15, 0.2) is 6.10 Å². The van der Waals surface area contributed by atoms with E-state index in [0.29, 0.717) is 19.3 Å². The lowest BCUT2D eigenvalue weighted by Gasteiger charge is -2.18. The van der Waals surface area contributed by atoms with Crippen LogP contribution >= 0.6 is 0 Å². The maximum Gasteiger partial charge on any atom is 0.306 e. The molecule has 75 heavy (non-hydrogen) atoms. The molecule has 0 unspecified atom stereocenters. The monoisotopic (exact) mass is 1040 g/mol. The Morgan fingerprint density at radius 3 is 0.933 bits per heavy atom. The summed E-state index contributed by atoms with van der Waals surface area (Å²) in [5.74, 6) is -1.01. The minimum Gasteiger partial charge on any atom is -0.462 e. The van der Waals surface area contributed by atoms with E-state index < -0.39 is 6.10 Å². The highest BCUT2D eigenvalue weighted by Crippen LogP contribution is 2.14. The molecule has 0 aromatic heterocycles. The minimum absolute atomic E-state index is 0.111. The van der Waals surface area contributed by atoms with Crippen molar-refractivity contribution < 1.29 is 28.6 Å². The number of hydrogen-bond acceptors (Lipinski definition) is 6. The molecular weight excluding hydrogens is 925 g/mol. The number of carbonyl (C=O) groups is 3. The van der Waals surface area contributed by atoms with Crippen molar-refractivity contribution >= 4 is 17.9 Å². The molecule has 0 fully saturated rings. The van der Waals surface area contributed by atoms with E-state index in [1.165, 1.54) is 128 Å². The molecule has 0 saturated carbocycles. The Labute approximate surface area is 462 Å². The van der Waals surface area contributed by atoms with E-state index in [0.717, 1.165) is 103 Å². The fraction of sp³-hybridized carbons (Fsp3) is 0.667. The number of unbranched alkanes of at least 4 members (excludes halogenated alkanes) is 24. The van der Waals surface area contributed by atoms with Gasteiger partial charge in [0.25, 0.3) is 0 Å². The topological polar surface area (TPSA) is 78.9 Å². The molecule has 0 aromatic rings. The fourth-order valence-corrected chi connectivity index (χ4v) is 8.29. The van der Waals surface area contributed by atoms with Crippen molar-refractivity contribution in [2.45, 2.75) is 284 Å². The number of hydrogen-bond donors (Lipinski definition) is 0. The maximum atomic E-state index is 12.9. The zero-order chi connectivity index (χ0) is 54.3. The third-order valence-corrected chi connectivity index (χ3v) is 12.9. The quantitative estimate of drug-likeness (QED) is 0.0261. The van der Waals surface area contributed by atoms with E-state index >= 15 is 0 Å². The van der Waals surface area contributed by atoms with Gasteiger partial charge in [-0.2, -0.15) is 0 Å². The predicted molar refractivity (Wildman–Crippen MR) is 325 cm³/mol. The highest BCUT2D eigenvalue weighted by molar-refractivity contribution is 5.71. The molecule has 0 saturated heterocycles. The first kappa shape index (κ1) is 70.8. The van der Waals surface area contributed by atoms with Crippen molar-refractivity contribution in [3.63, 3.8) is 0 Å². The van der Waals surface area contributed by atoms with Crippen molar-refractivity contribution in [2.24, 2.45) is 0 Å². The number of rotatable bonds is 55. The molecule has 0 rings (SSSR count). The number of allylic oxidation sites excluding steroid dienone is 20. The lowest BCUT2D eigenvalue weighted by molar-refractivity contribution is -0.166.